The van der Waals surface area contributed by atoms with E-state index in [-0.39, 0.29) is 29.6 Å². The van der Waals surface area contributed by atoms with E-state index in [9.17, 15) is 0 Å². The van der Waals surface area contributed by atoms with Crippen LogP contribution in [0.3, 0.4) is 0 Å². The minimum absolute atomic E-state index is 0. The molecule has 7 heteroatoms. The Bertz CT molecular complexity index is 515. The van der Waals surface area contributed by atoms with Gasteiger partial charge in [-0.15, -0.1) is 35.3 Å². The molecule has 1 aliphatic carbocycles. The van der Waals surface area contributed by atoms with Crippen LogP contribution in [0.15, 0.2) is 11.2 Å². The molecule has 2 rings (SSSR count). The third kappa shape index (κ3) is 7.78. The van der Waals surface area contributed by atoms with Gasteiger partial charge in [0, 0.05) is 44.2 Å². The maximum Gasteiger partial charge on any atom is 0.191 e. The molecule has 25 heavy (non-hydrogen) atoms. The van der Waals surface area contributed by atoms with Crippen LogP contribution in [0.2, 0.25) is 0 Å². The molecule has 0 bridgehead atoms. The number of aliphatic imine (C=N–C) groups is 1. The first kappa shape index (κ1) is 22.6. The minimum atomic E-state index is -0.0156. The van der Waals surface area contributed by atoms with Gasteiger partial charge in [-0.2, -0.15) is 0 Å². The van der Waals surface area contributed by atoms with Crippen molar-refractivity contribution in [3.63, 3.8) is 0 Å². The third-order valence-electron chi connectivity index (χ3n) is 4.48. The largest absolute Gasteiger partial charge is 0.373 e. The second-order valence-corrected chi connectivity index (χ2v) is 7.88. The second-order valence-electron chi connectivity index (χ2n) is 6.56. The molecule has 0 spiro atoms. The molecule has 5 nitrogen and oxygen atoms in total. The molecule has 1 aromatic heterocycles. The van der Waals surface area contributed by atoms with Gasteiger partial charge in [0.25, 0.3) is 0 Å². The molecule has 0 aliphatic heterocycles. The fraction of sp³-hybridized carbons (Fsp3) is 0.778. The lowest BCUT2D eigenvalue weighted by molar-refractivity contribution is -0.0657. The smallest absolute Gasteiger partial charge is 0.191 e. The number of nitrogens with zero attached hydrogens (tertiary/aromatic N) is 2. The highest BCUT2D eigenvalue weighted by Crippen LogP contribution is 2.31. The number of thiazole rings is 1. The highest BCUT2D eigenvalue weighted by atomic mass is 127. The average molecular weight is 480 g/mol. The maximum absolute atomic E-state index is 6.24. The molecule has 0 amide bonds. The van der Waals surface area contributed by atoms with Gasteiger partial charge in [-0.3, -0.25) is 4.99 Å². The summed E-state index contributed by atoms with van der Waals surface area (Å²) in [5.41, 5.74) is -0.0156. The van der Waals surface area contributed by atoms with Crippen LogP contribution in [-0.2, 0) is 11.2 Å². The molecule has 0 aromatic carbocycles. The summed E-state index contributed by atoms with van der Waals surface area (Å²) in [6.45, 7) is 6.79. The number of aromatic nitrogens is 1. The van der Waals surface area contributed by atoms with Crippen molar-refractivity contribution in [3.8, 4) is 0 Å². The van der Waals surface area contributed by atoms with Crippen molar-refractivity contribution in [2.75, 3.05) is 26.7 Å². The monoisotopic (exact) mass is 480 g/mol. The molecule has 1 heterocycles. The van der Waals surface area contributed by atoms with Crippen LogP contribution in [0.4, 0.5) is 0 Å². The molecule has 0 atom stereocenters. The number of rotatable bonds is 8. The third-order valence-corrected chi connectivity index (χ3v) is 5.45. The Morgan fingerprint density at radius 2 is 2.08 bits per heavy atom. The first-order valence-electron chi connectivity index (χ1n) is 9.17. The summed E-state index contributed by atoms with van der Waals surface area (Å²) in [7, 11) is 1.82. The van der Waals surface area contributed by atoms with Crippen LogP contribution >= 0.6 is 35.3 Å². The van der Waals surface area contributed by atoms with Gasteiger partial charge in [0.15, 0.2) is 5.96 Å². The molecule has 0 saturated heterocycles. The van der Waals surface area contributed by atoms with Crippen LogP contribution < -0.4 is 10.6 Å². The predicted molar refractivity (Wildman–Crippen MR) is 117 cm³/mol. The zero-order valence-corrected chi connectivity index (χ0v) is 18.9. The van der Waals surface area contributed by atoms with E-state index in [0.717, 1.165) is 51.3 Å². The highest BCUT2D eigenvalue weighted by Gasteiger charge is 2.32. The SMILES string of the molecule is CCCOC1(CNC(=NC)NCCc2ncc(C)s2)CCCCC1.I. The van der Waals surface area contributed by atoms with E-state index in [1.807, 2.05) is 13.2 Å². The van der Waals surface area contributed by atoms with E-state index in [4.69, 9.17) is 4.74 Å². The first-order chi connectivity index (χ1) is 11.7. The van der Waals surface area contributed by atoms with E-state index >= 15 is 0 Å². The number of hydrogen-bond donors (Lipinski definition) is 2. The fourth-order valence-electron chi connectivity index (χ4n) is 3.16. The molecule has 0 radical (unpaired) electrons. The number of aryl methyl sites for hydroxylation is 1. The Hall–Kier alpha value is -0.410. The van der Waals surface area contributed by atoms with E-state index in [1.165, 1.54) is 29.1 Å². The van der Waals surface area contributed by atoms with E-state index < -0.39 is 0 Å². The molecule has 1 aliphatic rings. The Morgan fingerprint density at radius 1 is 1.32 bits per heavy atom. The van der Waals surface area contributed by atoms with Crippen molar-refractivity contribution in [2.45, 2.75) is 64.4 Å². The normalized spacial score (nSPS) is 17.0. The molecule has 144 valence electrons. The summed E-state index contributed by atoms with van der Waals surface area (Å²) in [6.07, 6.45) is 10.1. The Kier molecular flexibility index (Phi) is 10.9. The van der Waals surface area contributed by atoms with Crippen LogP contribution in [-0.4, -0.2) is 43.3 Å². The van der Waals surface area contributed by atoms with Gasteiger partial charge >= 0.3 is 0 Å². The van der Waals surface area contributed by atoms with E-state index in [2.05, 4.69) is 34.5 Å². The van der Waals surface area contributed by atoms with Crippen molar-refractivity contribution < 1.29 is 4.74 Å². The van der Waals surface area contributed by atoms with Crippen LogP contribution in [0.5, 0.6) is 0 Å². The lowest BCUT2D eigenvalue weighted by Crippen LogP contribution is -2.50. The summed E-state index contributed by atoms with van der Waals surface area (Å²) in [4.78, 5) is 10.0. The Morgan fingerprint density at radius 3 is 2.68 bits per heavy atom. The molecule has 1 aromatic rings. The number of nitrogens with one attached hydrogen (secondary N) is 2. The number of guanidine groups is 1. The van der Waals surface area contributed by atoms with Gasteiger partial charge in [-0.1, -0.05) is 26.2 Å². The first-order valence-corrected chi connectivity index (χ1v) is 9.99. The van der Waals surface area contributed by atoms with Crippen molar-refractivity contribution in [1.29, 1.82) is 0 Å². The van der Waals surface area contributed by atoms with Gasteiger partial charge in [0.05, 0.1) is 10.6 Å². The van der Waals surface area contributed by atoms with Gasteiger partial charge in [0.1, 0.15) is 0 Å². The molecule has 1 saturated carbocycles. The van der Waals surface area contributed by atoms with Crippen LogP contribution in [0.25, 0.3) is 0 Å². The van der Waals surface area contributed by atoms with E-state index in [1.54, 1.807) is 11.3 Å². The molecular formula is C18H33IN4OS. The minimum Gasteiger partial charge on any atom is -0.373 e. The summed E-state index contributed by atoms with van der Waals surface area (Å²) >= 11 is 1.76. The predicted octanol–water partition coefficient (Wildman–Crippen LogP) is 3.91. The lowest BCUT2D eigenvalue weighted by atomic mass is 9.84. The van der Waals surface area contributed by atoms with E-state index in [0.29, 0.717) is 0 Å². The number of ether oxygens (including phenoxy) is 1. The zero-order valence-electron chi connectivity index (χ0n) is 15.8. The number of halogens is 1. The van der Waals surface area contributed by atoms with Crippen molar-refractivity contribution >= 4 is 41.3 Å². The number of hydrogen-bond acceptors (Lipinski definition) is 4. The van der Waals surface area contributed by atoms with Gasteiger partial charge < -0.3 is 15.4 Å². The summed E-state index contributed by atoms with van der Waals surface area (Å²) in [5.74, 6) is 0.855. The Balaban J connectivity index is 0.00000312. The standard InChI is InChI=1S/C18H32N4OS.HI/c1-4-12-23-18(9-6-5-7-10-18)14-22-17(19-3)20-11-8-16-21-13-15(2)24-16;/h13H,4-12,14H2,1-3H3,(H2,19,20,22);1H. The zero-order chi connectivity index (χ0) is 17.3. The average Bonchev–Trinajstić information content (AvgIpc) is 3.02. The quantitative estimate of drug-likeness (QED) is 0.337. The second kappa shape index (κ2) is 12.1. The highest BCUT2D eigenvalue weighted by molar-refractivity contribution is 14.0. The topological polar surface area (TPSA) is 58.5 Å². The molecule has 1 fully saturated rings. The van der Waals surface area contributed by atoms with Gasteiger partial charge in [0.2, 0.25) is 0 Å². The van der Waals surface area contributed by atoms with Crippen LogP contribution in [0.1, 0.15) is 55.3 Å². The fourth-order valence-corrected chi connectivity index (χ4v) is 3.94. The summed E-state index contributed by atoms with van der Waals surface area (Å²) < 4.78 is 6.24. The van der Waals surface area contributed by atoms with Gasteiger partial charge in [-0.05, 0) is 26.2 Å². The summed E-state index contributed by atoms with van der Waals surface area (Å²) in [5, 5.41) is 8.04. The lowest BCUT2D eigenvalue weighted by Gasteiger charge is -2.37. The molecular weight excluding hydrogens is 447 g/mol. The molecule has 0 unspecified atom stereocenters. The van der Waals surface area contributed by atoms with Crippen LogP contribution in [0, 0.1) is 6.92 Å². The van der Waals surface area contributed by atoms with Crippen molar-refractivity contribution in [2.24, 2.45) is 4.99 Å². The molecule has 2 N–H and O–H groups in total. The van der Waals surface area contributed by atoms with Crippen molar-refractivity contribution in [1.82, 2.24) is 15.6 Å². The van der Waals surface area contributed by atoms with Gasteiger partial charge in [-0.25, -0.2) is 4.98 Å². The Labute approximate surface area is 173 Å². The maximum atomic E-state index is 6.24. The summed E-state index contributed by atoms with van der Waals surface area (Å²) in [6, 6.07) is 0. The van der Waals surface area contributed by atoms with Crippen molar-refractivity contribution in [3.05, 3.63) is 16.1 Å².